The molecule has 2 N–H and O–H groups in total. The lowest BCUT2D eigenvalue weighted by Crippen LogP contribution is -2.22. The van der Waals surface area contributed by atoms with Gasteiger partial charge in [0.15, 0.2) is 11.6 Å². The number of nitrogens with one attached hydrogen (secondary N) is 1. The molecule has 108 valence electrons. The summed E-state index contributed by atoms with van der Waals surface area (Å²) in [6.07, 6.45) is 1.49. The van der Waals surface area contributed by atoms with Crippen molar-refractivity contribution in [3.8, 4) is 5.75 Å². The zero-order valence-corrected chi connectivity index (χ0v) is 12.0. The first-order valence-electron chi connectivity index (χ1n) is 6.77. The van der Waals surface area contributed by atoms with Gasteiger partial charge in [-0.05, 0) is 32.9 Å². The summed E-state index contributed by atoms with van der Waals surface area (Å²) < 4.78 is 19.3. The molecule has 0 aliphatic rings. The molecule has 0 aliphatic carbocycles. The summed E-state index contributed by atoms with van der Waals surface area (Å²) in [6, 6.07) is 4.93. The molecule has 3 nitrogen and oxygen atoms in total. The van der Waals surface area contributed by atoms with E-state index in [1.807, 2.05) is 6.07 Å². The first-order valence-corrected chi connectivity index (χ1v) is 6.77. The van der Waals surface area contributed by atoms with Crippen molar-refractivity contribution in [3.63, 3.8) is 0 Å². The summed E-state index contributed by atoms with van der Waals surface area (Å²) in [5.74, 6) is -0.0677. The summed E-state index contributed by atoms with van der Waals surface area (Å²) in [4.78, 5) is 0. The van der Waals surface area contributed by atoms with Crippen LogP contribution in [0.5, 0.6) is 5.75 Å². The van der Waals surface area contributed by atoms with Crippen LogP contribution >= 0.6 is 0 Å². The van der Waals surface area contributed by atoms with E-state index in [0.29, 0.717) is 19.6 Å². The Hall–Kier alpha value is -1.13. The molecule has 1 rings (SSSR count). The van der Waals surface area contributed by atoms with E-state index in [0.717, 1.165) is 18.5 Å². The van der Waals surface area contributed by atoms with Crippen LogP contribution in [-0.2, 0) is 6.54 Å². The van der Waals surface area contributed by atoms with Crippen molar-refractivity contribution in [1.29, 1.82) is 0 Å². The fraction of sp³-hybridized carbons (Fsp3) is 0.600. The van der Waals surface area contributed by atoms with Gasteiger partial charge in [-0.15, -0.1) is 0 Å². The van der Waals surface area contributed by atoms with Crippen molar-refractivity contribution in [2.45, 2.75) is 45.8 Å². The van der Waals surface area contributed by atoms with E-state index in [-0.39, 0.29) is 11.6 Å². The van der Waals surface area contributed by atoms with Gasteiger partial charge in [0.05, 0.1) is 12.2 Å². The molecule has 0 radical (unpaired) electrons. The van der Waals surface area contributed by atoms with Crippen molar-refractivity contribution in [3.05, 3.63) is 29.6 Å². The number of benzene rings is 1. The predicted molar refractivity (Wildman–Crippen MR) is 74.8 cm³/mol. The normalized spacial score (nSPS) is 11.6. The van der Waals surface area contributed by atoms with E-state index in [1.165, 1.54) is 6.07 Å². The average Bonchev–Trinajstić information content (AvgIpc) is 2.31. The van der Waals surface area contributed by atoms with Gasteiger partial charge in [0.1, 0.15) is 0 Å². The van der Waals surface area contributed by atoms with Crippen molar-refractivity contribution in [2.75, 3.05) is 13.2 Å². The van der Waals surface area contributed by atoms with Gasteiger partial charge in [-0.3, -0.25) is 0 Å². The molecule has 0 unspecified atom stereocenters. The second kappa shape index (κ2) is 7.46. The van der Waals surface area contributed by atoms with E-state index in [1.54, 1.807) is 19.9 Å². The number of hydrogen-bond donors (Lipinski definition) is 2. The van der Waals surface area contributed by atoms with Gasteiger partial charge in [-0.2, -0.15) is 0 Å². The lowest BCUT2D eigenvalue weighted by atomic mass is 10.1. The van der Waals surface area contributed by atoms with Gasteiger partial charge in [0.25, 0.3) is 0 Å². The van der Waals surface area contributed by atoms with E-state index in [9.17, 15) is 9.50 Å². The topological polar surface area (TPSA) is 41.5 Å². The molecule has 0 amide bonds. The Kier molecular flexibility index (Phi) is 6.25. The second-order valence-electron chi connectivity index (χ2n) is 5.32. The van der Waals surface area contributed by atoms with Crippen molar-refractivity contribution in [1.82, 2.24) is 5.32 Å². The van der Waals surface area contributed by atoms with Crippen molar-refractivity contribution >= 4 is 0 Å². The van der Waals surface area contributed by atoms with Crippen molar-refractivity contribution in [2.24, 2.45) is 0 Å². The Morgan fingerprint density at radius 1 is 1.37 bits per heavy atom. The van der Waals surface area contributed by atoms with Gasteiger partial charge >= 0.3 is 0 Å². The van der Waals surface area contributed by atoms with E-state index in [2.05, 4.69) is 12.2 Å². The maximum atomic E-state index is 13.8. The number of rotatable bonds is 8. The molecule has 0 aliphatic heterocycles. The maximum Gasteiger partial charge on any atom is 0.165 e. The molecular weight excluding hydrogens is 245 g/mol. The van der Waals surface area contributed by atoms with Crippen LogP contribution in [-0.4, -0.2) is 23.9 Å². The van der Waals surface area contributed by atoms with Crippen LogP contribution in [0.3, 0.4) is 0 Å². The quantitative estimate of drug-likeness (QED) is 0.713. The number of hydrogen-bond acceptors (Lipinski definition) is 3. The number of halogens is 1. The summed E-state index contributed by atoms with van der Waals surface area (Å²) in [5, 5.41) is 12.9. The third kappa shape index (κ3) is 6.03. The number of ether oxygens (including phenoxy) is 1. The number of para-hydroxylation sites is 1. The summed E-state index contributed by atoms with van der Waals surface area (Å²) >= 11 is 0. The molecular formula is C15H24FNO2. The first-order chi connectivity index (χ1) is 8.94. The molecule has 4 heteroatoms. The van der Waals surface area contributed by atoms with Crippen LogP contribution in [0.1, 0.15) is 39.2 Å². The molecule has 0 bridgehead atoms. The maximum absolute atomic E-state index is 13.8. The second-order valence-corrected chi connectivity index (χ2v) is 5.32. The molecule has 0 heterocycles. The highest BCUT2D eigenvalue weighted by Gasteiger charge is 2.14. The lowest BCUT2D eigenvalue weighted by molar-refractivity contribution is 0.0545. The Bertz CT molecular complexity index is 388. The smallest absolute Gasteiger partial charge is 0.165 e. The first kappa shape index (κ1) is 15.9. The van der Waals surface area contributed by atoms with Crippen LogP contribution in [0, 0.1) is 5.82 Å². The zero-order chi connectivity index (χ0) is 14.3. The fourth-order valence-electron chi connectivity index (χ4n) is 1.66. The summed E-state index contributed by atoms with van der Waals surface area (Å²) in [5.41, 5.74) is 0.00972. The van der Waals surface area contributed by atoms with E-state index < -0.39 is 5.60 Å². The van der Waals surface area contributed by atoms with Crippen molar-refractivity contribution < 1.29 is 14.2 Å². The van der Waals surface area contributed by atoms with Crippen LogP contribution in [0.2, 0.25) is 0 Å². The molecule has 0 atom stereocenters. The minimum atomic E-state index is -0.800. The summed E-state index contributed by atoms with van der Waals surface area (Å²) in [7, 11) is 0. The Morgan fingerprint density at radius 2 is 2.11 bits per heavy atom. The predicted octanol–water partition coefficient (Wildman–Crippen LogP) is 2.87. The van der Waals surface area contributed by atoms with Crippen LogP contribution in [0.4, 0.5) is 4.39 Å². The average molecular weight is 269 g/mol. The lowest BCUT2D eigenvalue weighted by Gasteiger charge is -2.18. The molecule has 0 spiro atoms. The molecule has 1 aromatic rings. The third-order valence-electron chi connectivity index (χ3n) is 2.75. The molecule has 0 saturated heterocycles. The Balaban J connectivity index is 2.63. The largest absolute Gasteiger partial charge is 0.490 e. The SMILES string of the molecule is CCCNCc1cccc(F)c1OCCC(C)(C)O. The molecule has 1 aromatic carbocycles. The van der Waals surface area contributed by atoms with Gasteiger partial charge in [-0.25, -0.2) is 4.39 Å². The highest BCUT2D eigenvalue weighted by molar-refractivity contribution is 5.34. The van der Waals surface area contributed by atoms with Gasteiger partial charge < -0.3 is 15.2 Å². The van der Waals surface area contributed by atoms with E-state index >= 15 is 0 Å². The highest BCUT2D eigenvalue weighted by Crippen LogP contribution is 2.23. The number of aliphatic hydroxyl groups is 1. The Morgan fingerprint density at radius 3 is 2.74 bits per heavy atom. The molecule has 0 aromatic heterocycles. The van der Waals surface area contributed by atoms with Gasteiger partial charge in [0.2, 0.25) is 0 Å². The Labute approximate surface area is 114 Å². The molecule has 0 saturated carbocycles. The standard InChI is InChI=1S/C15H24FNO2/c1-4-9-17-11-12-6-5-7-13(16)14(12)19-10-8-15(2,3)18/h5-7,17-18H,4,8-11H2,1-3H3. The van der Waals surface area contributed by atoms with Crippen LogP contribution in [0.25, 0.3) is 0 Å². The molecule has 0 fully saturated rings. The third-order valence-corrected chi connectivity index (χ3v) is 2.75. The van der Waals surface area contributed by atoms with Gasteiger partial charge in [-0.1, -0.05) is 19.1 Å². The minimum Gasteiger partial charge on any atom is -0.490 e. The van der Waals surface area contributed by atoms with E-state index in [4.69, 9.17) is 4.74 Å². The van der Waals surface area contributed by atoms with Crippen LogP contribution in [0.15, 0.2) is 18.2 Å². The zero-order valence-electron chi connectivity index (χ0n) is 12.0. The summed E-state index contributed by atoms with van der Waals surface area (Å²) in [6.45, 7) is 7.27. The van der Waals surface area contributed by atoms with Gasteiger partial charge in [0, 0.05) is 18.5 Å². The molecule has 19 heavy (non-hydrogen) atoms. The monoisotopic (exact) mass is 269 g/mol. The highest BCUT2D eigenvalue weighted by atomic mass is 19.1. The van der Waals surface area contributed by atoms with Crippen LogP contribution < -0.4 is 10.1 Å². The fourth-order valence-corrected chi connectivity index (χ4v) is 1.66. The minimum absolute atomic E-state index is 0.287.